The van der Waals surface area contributed by atoms with Crippen molar-refractivity contribution < 1.29 is 17.4 Å². The molecule has 0 heterocycles. The van der Waals surface area contributed by atoms with E-state index < -0.39 is 22.5 Å². The van der Waals surface area contributed by atoms with Crippen molar-refractivity contribution in [3.8, 4) is 0 Å². The van der Waals surface area contributed by atoms with Gasteiger partial charge in [0, 0.05) is 5.69 Å². The van der Waals surface area contributed by atoms with E-state index in [1.807, 2.05) is 0 Å². The lowest BCUT2D eigenvalue weighted by Crippen LogP contribution is -2.06. The van der Waals surface area contributed by atoms with Crippen LogP contribution in [0.3, 0.4) is 0 Å². The molecule has 2 rings (SSSR count). The van der Waals surface area contributed by atoms with Crippen molar-refractivity contribution in [2.75, 3.05) is 5.73 Å². The third-order valence-electron chi connectivity index (χ3n) is 2.78. The van der Waals surface area contributed by atoms with Crippen LogP contribution in [0.1, 0.15) is 11.1 Å². The lowest BCUT2D eigenvalue weighted by molar-refractivity contribution is -0.137. The summed E-state index contributed by atoms with van der Waals surface area (Å²) in [4.78, 5) is 0.247. The zero-order valence-electron chi connectivity index (χ0n) is 10.7. The van der Waals surface area contributed by atoms with Crippen molar-refractivity contribution in [3.05, 3.63) is 58.6 Å². The van der Waals surface area contributed by atoms with Gasteiger partial charge >= 0.3 is 6.18 Å². The summed E-state index contributed by atoms with van der Waals surface area (Å²) in [6, 6.07) is 9.41. The molecule has 2 nitrogen and oxygen atoms in total. The molecule has 0 aliphatic rings. The highest BCUT2D eigenvalue weighted by Gasteiger charge is 2.30. The quantitative estimate of drug-likeness (QED) is 0.853. The van der Waals surface area contributed by atoms with Gasteiger partial charge in [0.2, 0.25) is 0 Å². The Morgan fingerprint density at radius 3 is 2.43 bits per heavy atom. The lowest BCUT2D eigenvalue weighted by Gasteiger charge is -2.10. The van der Waals surface area contributed by atoms with E-state index >= 15 is 0 Å². The van der Waals surface area contributed by atoms with E-state index in [0.717, 1.165) is 12.1 Å². The predicted molar refractivity (Wildman–Crippen MR) is 77.4 cm³/mol. The second-order valence-electron chi connectivity index (χ2n) is 4.35. The SMILES string of the molecule is Nc1cccc(Cl)c1S(=O)Cc1cccc(C(F)(F)F)c1. The summed E-state index contributed by atoms with van der Waals surface area (Å²) < 4.78 is 50.2. The molecule has 2 aromatic carbocycles. The summed E-state index contributed by atoms with van der Waals surface area (Å²) in [5.74, 6) is -0.0855. The van der Waals surface area contributed by atoms with Crippen molar-refractivity contribution in [1.82, 2.24) is 0 Å². The van der Waals surface area contributed by atoms with Gasteiger partial charge in [-0.25, -0.2) is 0 Å². The van der Waals surface area contributed by atoms with E-state index in [4.69, 9.17) is 17.3 Å². The minimum atomic E-state index is -4.43. The summed E-state index contributed by atoms with van der Waals surface area (Å²) in [5, 5.41) is 0.236. The van der Waals surface area contributed by atoms with Gasteiger partial charge in [0.25, 0.3) is 0 Å². The van der Waals surface area contributed by atoms with Crippen LogP contribution in [0.5, 0.6) is 0 Å². The number of hydrogen-bond acceptors (Lipinski definition) is 2. The maximum absolute atomic E-state index is 12.6. The Bertz CT molecular complexity index is 668. The zero-order valence-corrected chi connectivity index (χ0v) is 12.2. The minimum Gasteiger partial charge on any atom is -0.398 e. The monoisotopic (exact) mass is 333 g/mol. The average molecular weight is 334 g/mol. The molecule has 0 spiro atoms. The Labute approximate surface area is 127 Å². The fourth-order valence-corrected chi connectivity index (χ4v) is 3.51. The second kappa shape index (κ2) is 6.07. The van der Waals surface area contributed by atoms with Crippen molar-refractivity contribution in [2.45, 2.75) is 16.8 Å². The van der Waals surface area contributed by atoms with Gasteiger partial charge in [0.05, 0.1) is 32.0 Å². The first-order valence-electron chi connectivity index (χ1n) is 5.87. The molecule has 0 amide bonds. The standard InChI is InChI=1S/C14H11ClF3NOS/c15-11-5-2-6-12(19)13(11)21(20)8-9-3-1-4-10(7-9)14(16,17)18/h1-7H,8,19H2. The number of anilines is 1. The highest BCUT2D eigenvalue weighted by atomic mass is 35.5. The topological polar surface area (TPSA) is 43.1 Å². The zero-order chi connectivity index (χ0) is 15.6. The molecule has 1 atom stereocenters. The van der Waals surface area contributed by atoms with Crippen LogP contribution >= 0.6 is 11.6 Å². The van der Waals surface area contributed by atoms with Gasteiger partial charge in [-0.1, -0.05) is 35.9 Å². The number of hydrogen-bond donors (Lipinski definition) is 1. The van der Waals surface area contributed by atoms with Crippen molar-refractivity contribution >= 4 is 28.1 Å². The summed E-state index contributed by atoms with van der Waals surface area (Å²) in [7, 11) is -1.62. The minimum absolute atomic E-state index is 0.0855. The molecule has 0 fully saturated rings. The Morgan fingerprint density at radius 2 is 1.81 bits per heavy atom. The molecule has 0 aliphatic heterocycles. The number of nitrogens with two attached hydrogens (primary N) is 1. The fourth-order valence-electron chi connectivity index (χ4n) is 1.83. The molecule has 0 aliphatic carbocycles. The number of benzene rings is 2. The van der Waals surface area contributed by atoms with Crippen LogP contribution in [0.2, 0.25) is 5.02 Å². The summed E-state index contributed by atoms with van der Waals surface area (Å²) in [6.45, 7) is 0. The van der Waals surface area contributed by atoms with E-state index in [-0.39, 0.29) is 21.4 Å². The number of nitrogen functional groups attached to an aromatic ring is 1. The molecular weight excluding hydrogens is 323 g/mol. The van der Waals surface area contributed by atoms with Gasteiger partial charge in [-0.2, -0.15) is 13.2 Å². The van der Waals surface area contributed by atoms with E-state index in [1.165, 1.54) is 18.2 Å². The number of rotatable bonds is 3. The van der Waals surface area contributed by atoms with Crippen LogP contribution in [0.4, 0.5) is 18.9 Å². The van der Waals surface area contributed by atoms with Gasteiger partial charge in [-0.15, -0.1) is 0 Å². The van der Waals surface area contributed by atoms with Crippen LogP contribution < -0.4 is 5.73 Å². The van der Waals surface area contributed by atoms with Crippen molar-refractivity contribution in [1.29, 1.82) is 0 Å². The molecule has 1 unspecified atom stereocenters. The summed E-state index contributed by atoms with van der Waals surface area (Å²) in [6.07, 6.45) is -4.43. The molecule has 0 radical (unpaired) electrons. The maximum atomic E-state index is 12.6. The molecule has 0 bridgehead atoms. The Morgan fingerprint density at radius 1 is 1.14 bits per heavy atom. The molecule has 0 aromatic heterocycles. The van der Waals surface area contributed by atoms with Gasteiger partial charge in [-0.3, -0.25) is 4.21 Å². The molecule has 0 saturated carbocycles. The summed E-state index contributed by atoms with van der Waals surface area (Å²) >= 11 is 5.94. The Kier molecular flexibility index (Phi) is 4.58. The lowest BCUT2D eigenvalue weighted by atomic mass is 10.1. The highest BCUT2D eigenvalue weighted by molar-refractivity contribution is 7.84. The maximum Gasteiger partial charge on any atom is 0.416 e. The molecular formula is C14H11ClF3NOS. The molecule has 0 saturated heterocycles. The first kappa shape index (κ1) is 15.9. The van der Waals surface area contributed by atoms with E-state index in [9.17, 15) is 17.4 Å². The third kappa shape index (κ3) is 3.77. The van der Waals surface area contributed by atoms with Crippen LogP contribution in [-0.4, -0.2) is 4.21 Å². The van der Waals surface area contributed by atoms with Crippen LogP contribution in [0, 0.1) is 0 Å². The molecule has 2 aromatic rings. The average Bonchev–Trinajstić information content (AvgIpc) is 2.37. The van der Waals surface area contributed by atoms with Gasteiger partial charge < -0.3 is 5.73 Å². The van der Waals surface area contributed by atoms with Gasteiger partial charge in [0.1, 0.15) is 0 Å². The Hall–Kier alpha value is -1.53. The van der Waals surface area contributed by atoms with E-state index in [1.54, 1.807) is 12.1 Å². The molecule has 112 valence electrons. The van der Waals surface area contributed by atoms with Crippen molar-refractivity contribution in [2.24, 2.45) is 0 Å². The molecule has 21 heavy (non-hydrogen) atoms. The van der Waals surface area contributed by atoms with Crippen LogP contribution in [0.25, 0.3) is 0 Å². The van der Waals surface area contributed by atoms with Gasteiger partial charge in [-0.05, 0) is 23.8 Å². The van der Waals surface area contributed by atoms with Crippen LogP contribution in [0.15, 0.2) is 47.4 Å². The Balaban J connectivity index is 2.28. The van der Waals surface area contributed by atoms with E-state index in [0.29, 0.717) is 5.56 Å². The first-order valence-corrected chi connectivity index (χ1v) is 7.57. The molecule has 7 heteroatoms. The van der Waals surface area contributed by atoms with Crippen molar-refractivity contribution in [3.63, 3.8) is 0 Å². The third-order valence-corrected chi connectivity index (χ3v) is 4.71. The predicted octanol–water partition coefficient (Wildman–Crippen LogP) is 4.25. The number of alkyl halides is 3. The summed E-state index contributed by atoms with van der Waals surface area (Å²) in [5.41, 5.74) is 5.51. The van der Waals surface area contributed by atoms with E-state index in [2.05, 4.69) is 0 Å². The number of halogens is 4. The first-order chi connectivity index (χ1) is 9.79. The molecule has 2 N–H and O–H groups in total. The van der Waals surface area contributed by atoms with Gasteiger partial charge in [0.15, 0.2) is 0 Å². The fraction of sp³-hybridized carbons (Fsp3) is 0.143. The normalized spacial score (nSPS) is 13.1. The largest absolute Gasteiger partial charge is 0.416 e. The highest BCUT2D eigenvalue weighted by Crippen LogP contribution is 2.31. The van der Waals surface area contributed by atoms with Crippen LogP contribution in [-0.2, 0) is 22.7 Å². The smallest absolute Gasteiger partial charge is 0.398 e. The second-order valence-corrected chi connectivity index (χ2v) is 6.14.